The number of carbonyl (C=O) groups is 2. The van der Waals surface area contributed by atoms with Crippen molar-refractivity contribution in [3.8, 4) is 0 Å². The maximum atomic E-state index is 12.5. The number of hydrogen-bond acceptors (Lipinski definition) is 3. The van der Waals surface area contributed by atoms with Crippen LogP contribution in [0.1, 0.15) is 37.0 Å². The second kappa shape index (κ2) is 6.11. The van der Waals surface area contributed by atoms with E-state index < -0.39 is 0 Å². The normalized spacial score (nSPS) is 15.9. The van der Waals surface area contributed by atoms with Crippen molar-refractivity contribution in [3.63, 3.8) is 0 Å². The van der Waals surface area contributed by atoms with Crippen molar-refractivity contribution in [2.75, 3.05) is 18.4 Å². The van der Waals surface area contributed by atoms with E-state index in [-0.39, 0.29) is 23.1 Å². The van der Waals surface area contributed by atoms with Crippen LogP contribution in [0, 0.1) is 5.92 Å². The van der Waals surface area contributed by atoms with Crippen LogP contribution < -0.4 is 10.9 Å². The highest BCUT2D eigenvalue weighted by Gasteiger charge is 2.22. The van der Waals surface area contributed by atoms with Crippen molar-refractivity contribution in [1.29, 1.82) is 0 Å². The minimum absolute atomic E-state index is 0.0934. The number of aromatic nitrogens is 1. The summed E-state index contributed by atoms with van der Waals surface area (Å²) in [5.74, 6) is 0.219. The molecule has 6 heteroatoms. The van der Waals surface area contributed by atoms with E-state index in [9.17, 15) is 14.4 Å². The summed E-state index contributed by atoms with van der Waals surface area (Å²) < 4.78 is 1.32. The van der Waals surface area contributed by atoms with Gasteiger partial charge in [0.25, 0.3) is 11.5 Å². The number of aryl methyl sites for hydroxylation is 1. The van der Waals surface area contributed by atoms with E-state index in [1.807, 2.05) is 0 Å². The summed E-state index contributed by atoms with van der Waals surface area (Å²) >= 11 is 0. The number of likely N-dealkylation sites (tertiary alicyclic amines) is 1. The molecule has 1 aliphatic rings. The molecule has 1 fully saturated rings. The summed E-state index contributed by atoms with van der Waals surface area (Å²) in [5.41, 5.74) is 0.241. The van der Waals surface area contributed by atoms with Gasteiger partial charge in [0.1, 0.15) is 5.69 Å². The van der Waals surface area contributed by atoms with E-state index in [1.54, 1.807) is 11.9 Å². The Morgan fingerprint density at radius 3 is 2.48 bits per heavy atom. The van der Waals surface area contributed by atoms with Crippen molar-refractivity contribution in [1.82, 2.24) is 9.47 Å². The maximum Gasteiger partial charge on any atom is 0.274 e. The molecule has 0 spiro atoms. The zero-order chi connectivity index (χ0) is 15.6. The molecule has 21 heavy (non-hydrogen) atoms. The average Bonchev–Trinajstić information content (AvgIpc) is 2.43. The minimum atomic E-state index is -0.330. The predicted molar refractivity (Wildman–Crippen MR) is 80.3 cm³/mol. The Labute approximate surface area is 123 Å². The molecule has 0 bridgehead atoms. The van der Waals surface area contributed by atoms with Gasteiger partial charge >= 0.3 is 0 Å². The lowest BCUT2D eigenvalue weighted by Crippen LogP contribution is -2.38. The van der Waals surface area contributed by atoms with Crippen LogP contribution in [0.25, 0.3) is 0 Å². The van der Waals surface area contributed by atoms with Gasteiger partial charge in [-0.3, -0.25) is 14.4 Å². The number of piperidine rings is 1. The van der Waals surface area contributed by atoms with Crippen molar-refractivity contribution in [3.05, 3.63) is 28.2 Å². The third-order valence-electron chi connectivity index (χ3n) is 3.81. The van der Waals surface area contributed by atoms with Crippen molar-refractivity contribution in [2.45, 2.75) is 26.7 Å². The Kier molecular flexibility index (Phi) is 4.45. The third-order valence-corrected chi connectivity index (χ3v) is 3.81. The molecule has 0 aromatic carbocycles. The highest BCUT2D eigenvalue weighted by Crippen LogP contribution is 2.18. The summed E-state index contributed by atoms with van der Waals surface area (Å²) in [5, 5.41) is 2.48. The first-order chi connectivity index (χ1) is 9.88. The molecular formula is C15H21N3O3. The van der Waals surface area contributed by atoms with Crippen LogP contribution in [0.3, 0.4) is 0 Å². The Morgan fingerprint density at radius 1 is 1.29 bits per heavy atom. The van der Waals surface area contributed by atoms with Gasteiger partial charge in [0.15, 0.2) is 0 Å². The molecular weight excluding hydrogens is 270 g/mol. The second-order valence-corrected chi connectivity index (χ2v) is 5.71. The lowest BCUT2D eigenvalue weighted by molar-refractivity contribution is -0.114. The summed E-state index contributed by atoms with van der Waals surface area (Å²) in [7, 11) is 1.57. The van der Waals surface area contributed by atoms with Crippen LogP contribution in [0.4, 0.5) is 5.69 Å². The molecule has 2 amide bonds. The molecule has 6 nitrogen and oxygen atoms in total. The lowest BCUT2D eigenvalue weighted by Gasteiger charge is -2.30. The first kappa shape index (κ1) is 15.3. The van der Waals surface area contributed by atoms with Gasteiger partial charge in [-0.2, -0.15) is 0 Å². The van der Waals surface area contributed by atoms with E-state index in [0.29, 0.717) is 11.5 Å². The van der Waals surface area contributed by atoms with Gasteiger partial charge in [-0.05, 0) is 24.8 Å². The molecule has 0 saturated carbocycles. The molecule has 114 valence electrons. The van der Waals surface area contributed by atoms with Crippen LogP contribution in [0.5, 0.6) is 0 Å². The molecule has 1 saturated heterocycles. The van der Waals surface area contributed by atoms with E-state index in [4.69, 9.17) is 0 Å². The van der Waals surface area contributed by atoms with Crippen LogP contribution >= 0.6 is 0 Å². The molecule has 2 rings (SSSR count). The Balaban J connectivity index is 2.27. The molecule has 1 aliphatic heterocycles. The highest BCUT2D eigenvalue weighted by atomic mass is 16.2. The van der Waals surface area contributed by atoms with Crippen LogP contribution in [-0.2, 0) is 11.8 Å². The van der Waals surface area contributed by atoms with E-state index >= 15 is 0 Å². The number of carbonyl (C=O) groups excluding carboxylic acids is 2. The van der Waals surface area contributed by atoms with Gasteiger partial charge in [-0.25, -0.2) is 0 Å². The fourth-order valence-electron chi connectivity index (χ4n) is 2.50. The maximum absolute atomic E-state index is 12.5. The smallest absolute Gasteiger partial charge is 0.274 e. The summed E-state index contributed by atoms with van der Waals surface area (Å²) in [6.45, 7) is 4.99. The van der Waals surface area contributed by atoms with Gasteiger partial charge in [-0.1, -0.05) is 6.92 Å². The quantitative estimate of drug-likeness (QED) is 0.890. The van der Waals surface area contributed by atoms with Gasteiger partial charge in [-0.15, -0.1) is 0 Å². The molecule has 0 unspecified atom stereocenters. The Hall–Kier alpha value is -2.11. The molecule has 0 aliphatic carbocycles. The van der Waals surface area contributed by atoms with E-state index in [2.05, 4.69) is 12.2 Å². The standard InChI is InChI=1S/C15H21N3O3/c1-10-4-6-18(7-5-10)14(20)12-8-13(16-11(2)19)15(21)17(3)9-12/h8-10H,4-7H2,1-3H3,(H,16,19). The summed E-state index contributed by atoms with van der Waals surface area (Å²) in [6, 6.07) is 1.46. The molecule has 1 aromatic heterocycles. The van der Waals surface area contributed by atoms with Crippen LogP contribution in [0.15, 0.2) is 17.1 Å². The third kappa shape index (κ3) is 3.51. The zero-order valence-electron chi connectivity index (χ0n) is 12.7. The second-order valence-electron chi connectivity index (χ2n) is 5.71. The first-order valence-corrected chi connectivity index (χ1v) is 7.16. The molecule has 0 atom stereocenters. The van der Waals surface area contributed by atoms with Crippen molar-refractivity contribution >= 4 is 17.5 Å². The minimum Gasteiger partial charge on any atom is -0.339 e. The number of nitrogens with one attached hydrogen (secondary N) is 1. The number of amides is 2. The largest absolute Gasteiger partial charge is 0.339 e. The number of rotatable bonds is 2. The Bertz CT molecular complexity index is 613. The van der Waals surface area contributed by atoms with E-state index in [1.165, 1.54) is 23.8 Å². The summed E-state index contributed by atoms with van der Waals surface area (Å²) in [4.78, 5) is 37.4. The SMILES string of the molecule is CC(=O)Nc1cc(C(=O)N2CCC(C)CC2)cn(C)c1=O. The zero-order valence-corrected chi connectivity index (χ0v) is 12.7. The molecule has 1 aromatic rings. The topological polar surface area (TPSA) is 71.4 Å². The van der Waals surface area contributed by atoms with Gasteiger partial charge in [0.2, 0.25) is 5.91 Å². The fraction of sp³-hybridized carbons (Fsp3) is 0.533. The van der Waals surface area contributed by atoms with E-state index in [0.717, 1.165) is 25.9 Å². The first-order valence-electron chi connectivity index (χ1n) is 7.16. The summed E-state index contributed by atoms with van der Waals surface area (Å²) in [6.07, 6.45) is 3.51. The van der Waals surface area contributed by atoms with Gasteiger partial charge in [0.05, 0.1) is 5.56 Å². The monoisotopic (exact) mass is 291 g/mol. The van der Waals surface area contributed by atoms with Gasteiger partial charge < -0.3 is 14.8 Å². The van der Waals surface area contributed by atoms with Gasteiger partial charge in [0, 0.05) is 33.3 Å². The molecule has 1 N–H and O–H groups in total. The average molecular weight is 291 g/mol. The lowest BCUT2D eigenvalue weighted by atomic mass is 9.99. The number of pyridine rings is 1. The number of hydrogen-bond donors (Lipinski definition) is 1. The fourth-order valence-corrected chi connectivity index (χ4v) is 2.50. The predicted octanol–water partition coefficient (Wildman–Crippen LogP) is 1.22. The van der Waals surface area contributed by atoms with Crippen molar-refractivity contribution < 1.29 is 9.59 Å². The number of anilines is 1. The molecule has 2 heterocycles. The molecule has 0 radical (unpaired) electrons. The van der Waals surface area contributed by atoms with Crippen molar-refractivity contribution in [2.24, 2.45) is 13.0 Å². The van der Waals surface area contributed by atoms with Crippen LogP contribution in [-0.4, -0.2) is 34.4 Å². The Morgan fingerprint density at radius 2 is 1.90 bits per heavy atom. The highest BCUT2D eigenvalue weighted by molar-refractivity contribution is 5.96. The van der Waals surface area contributed by atoms with Crippen LogP contribution in [0.2, 0.25) is 0 Å². The number of nitrogens with zero attached hydrogens (tertiary/aromatic N) is 2.